The van der Waals surface area contributed by atoms with Crippen LogP contribution in [-0.4, -0.2) is 15.0 Å². The van der Waals surface area contributed by atoms with Gasteiger partial charge in [-0.15, -0.1) is 0 Å². The topological polar surface area (TPSA) is 65.0 Å². The monoisotopic (exact) mass is 573 g/mol. The fraction of sp³-hybridized carbons (Fsp3) is 0. The zero-order chi connectivity index (χ0) is 28.5. The van der Waals surface area contributed by atoms with Crippen LogP contribution in [0.5, 0.6) is 0 Å². The van der Waals surface area contributed by atoms with Gasteiger partial charge in [-0.25, -0.2) is 15.0 Å². The Labute approximate surface area is 250 Å². The largest absolute Gasteiger partial charge is 0.456 e. The maximum absolute atomic E-state index is 6.65. The molecular formula is C37H20ClN3O2. The first-order chi connectivity index (χ1) is 21.2. The molecule has 0 spiro atoms. The van der Waals surface area contributed by atoms with E-state index in [-0.39, 0.29) is 0 Å². The number of rotatable bonds is 3. The summed E-state index contributed by atoms with van der Waals surface area (Å²) in [6.07, 6.45) is 0. The summed E-state index contributed by atoms with van der Waals surface area (Å²) in [6, 6.07) is 40.3. The van der Waals surface area contributed by atoms with E-state index in [2.05, 4.69) is 36.4 Å². The van der Waals surface area contributed by atoms with Crippen molar-refractivity contribution in [1.82, 2.24) is 15.0 Å². The van der Waals surface area contributed by atoms with Crippen LogP contribution in [0, 0.1) is 0 Å². The Morgan fingerprint density at radius 1 is 0.465 bits per heavy atom. The summed E-state index contributed by atoms with van der Waals surface area (Å²) in [5.74, 6) is 1.67. The van der Waals surface area contributed by atoms with Gasteiger partial charge in [0.1, 0.15) is 16.7 Å². The number of nitrogens with zero attached hydrogens (tertiary/aromatic N) is 3. The third kappa shape index (κ3) is 3.75. The third-order valence-electron chi connectivity index (χ3n) is 8.01. The molecule has 0 radical (unpaired) electrons. The van der Waals surface area contributed by atoms with E-state index >= 15 is 0 Å². The van der Waals surface area contributed by atoms with Gasteiger partial charge in [0.05, 0.1) is 5.02 Å². The zero-order valence-electron chi connectivity index (χ0n) is 22.6. The predicted molar refractivity (Wildman–Crippen MR) is 173 cm³/mol. The van der Waals surface area contributed by atoms with Crippen LogP contribution in [0.2, 0.25) is 5.02 Å². The molecule has 0 saturated carbocycles. The molecular weight excluding hydrogens is 554 g/mol. The van der Waals surface area contributed by atoms with E-state index < -0.39 is 0 Å². The van der Waals surface area contributed by atoms with Crippen LogP contribution in [-0.2, 0) is 0 Å². The third-order valence-corrected chi connectivity index (χ3v) is 8.30. The number of hydrogen-bond donors (Lipinski definition) is 0. The van der Waals surface area contributed by atoms with E-state index in [9.17, 15) is 0 Å². The van der Waals surface area contributed by atoms with Gasteiger partial charge in [-0.05, 0) is 47.2 Å². The molecule has 0 atom stereocenters. The van der Waals surface area contributed by atoms with E-state index in [1.807, 2.05) is 84.9 Å². The molecule has 0 aliphatic heterocycles. The van der Waals surface area contributed by atoms with E-state index in [1.54, 1.807) is 0 Å². The normalized spacial score (nSPS) is 11.8. The summed E-state index contributed by atoms with van der Waals surface area (Å²) in [5, 5.41) is 6.60. The smallest absolute Gasteiger partial charge is 0.164 e. The van der Waals surface area contributed by atoms with E-state index in [4.69, 9.17) is 35.4 Å². The molecule has 6 aromatic carbocycles. The van der Waals surface area contributed by atoms with Gasteiger partial charge in [0.25, 0.3) is 0 Å². The second kappa shape index (κ2) is 9.24. The molecule has 3 heterocycles. The van der Waals surface area contributed by atoms with Crippen LogP contribution < -0.4 is 0 Å². The minimum atomic E-state index is 0.534. The number of furan rings is 2. The number of benzene rings is 6. The summed E-state index contributed by atoms with van der Waals surface area (Å²) in [7, 11) is 0. The Morgan fingerprint density at radius 2 is 1.09 bits per heavy atom. The second-order valence-electron chi connectivity index (χ2n) is 10.5. The molecule has 6 heteroatoms. The Bertz CT molecular complexity index is 2550. The summed E-state index contributed by atoms with van der Waals surface area (Å²) in [4.78, 5) is 15.3. The number of para-hydroxylation sites is 2. The average molecular weight is 574 g/mol. The summed E-state index contributed by atoms with van der Waals surface area (Å²) in [6.45, 7) is 0. The van der Waals surface area contributed by atoms with Crippen molar-refractivity contribution >= 4 is 66.3 Å². The van der Waals surface area contributed by atoms with Crippen LogP contribution in [0.3, 0.4) is 0 Å². The van der Waals surface area contributed by atoms with Gasteiger partial charge in [-0.2, -0.15) is 0 Å². The van der Waals surface area contributed by atoms with Crippen molar-refractivity contribution in [1.29, 1.82) is 0 Å². The molecule has 0 bridgehead atoms. The molecule has 0 fully saturated rings. The first kappa shape index (κ1) is 24.1. The molecule has 0 aliphatic rings. The van der Waals surface area contributed by atoms with Crippen molar-refractivity contribution in [3.8, 4) is 34.2 Å². The number of halogens is 1. The SMILES string of the molecule is Clc1ccc(-c2nc(-c3ccc4ccccc4c3)nc(-c3cccc4oc5ccccc5c34)n2)c2c1oc1ccccc12. The summed E-state index contributed by atoms with van der Waals surface area (Å²) >= 11 is 6.65. The van der Waals surface area contributed by atoms with Crippen molar-refractivity contribution in [3.05, 3.63) is 126 Å². The molecule has 0 unspecified atom stereocenters. The fourth-order valence-electron chi connectivity index (χ4n) is 6.02. The van der Waals surface area contributed by atoms with Crippen LogP contribution in [0.15, 0.2) is 130 Å². The highest BCUT2D eigenvalue weighted by molar-refractivity contribution is 6.36. The fourth-order valence-corrected chi connectivity index (χ4v) is 6.21. The van der Waals surface area contributed by atoms with Crippen LogP contribution in [0.1, 0.15) is 0 Å². The Balaban J connectivity index is 1.37. The maximum atomic E-state index is 6.65. The van der Waals surface area contributed by atoms with Gasteiger partial charge in [-0.3, -0.25) is 0 Å². The van der Waals surface area contributed by atoms with Crippen LogP contribution >= 0.6 is 11.6 Å². The first-order valence-corrected chi connectivity index (χ1v) is 14.3. The van der Waals surface area contributed by atoms with Crippen molar-refractivity contribution in [2.24, 2.45) is 0 Å². The molecule has 0 N–H and O–H groups in total. The lowest BCUT2D eigenvalue weighted by Gasteiger charge is -2.11. The van der Waals surface area contributed by atoms with Crippen molar-refractivity contribution < 1.29 is 8.83 Å². The van der Waals surface area contributed by atoms with E-state index in [1.165, 1.54) is 0 Å². The second-order valence-corrected chi connectivity index (χ2v) is 10.9. The molecule has 202 valence electrons. The van der Waals surface area contributed by atoms with Gasteiger partial charge in [-0.1, -0.05) is 96.5 Å². The maximum Gasteiger partial charge on any atom is 0.164 e. The van der Waals surface area contributed by atoms with Gasteiger partial charge < -0.3 is 8.83 Å². The summed E-state index contributed by atoms with van der Waals surface area (Å²) < 4.78 is 12.4. The highest BCUT2D eigenvalue weighted by atomic mass is 35.5. The molecule has 0 saturated heterocycles. The van der Waals surface area contributed by atoms with Gasteiger partial charge >= 0.3 is 0 Å². The molecule has 0 amide bonds. The van der Waals surface area contributed by atoms with Crippen molar-refractivity contribution in [2.75, 3.05) is 0 Å². The van der Waals surface area contributed by atoms with Gasteiger partial charge in [0.2, 0.25) is 0 Å². The Morgan fingerprint density at radius 3 is 1.91 bits per heavy atom. The Kier molecular flexibility index (Phi) is 5.18. The standard InChI is InChI=1S/C37H20ClN3O2/c38-28-19-18-27(33-25-11-4-6-14-30(25)43-34(28)33)37-40-35(23-17-16-21-8-1-2-9-22(21)20-23)39-36(41-37)26-12-7-15-31-32(26)24-10-3-5-13-29(24)42-31/h1-20H. The molecule has 5 nitrogen and oxygen atoms in total. The Hall–Kier alpha value is -5.52. The number of aromatic nitrogens is 3. The highest BCUT2D eigenvalue weighted by Gasteiger charge is 2.21. The minimum absolute atomic E-state index is 0.534. The predicted octanol–water partition coefficient (Wildman–Crippen LogP) is 10.5. The average Bonchev–Trinajstić information content (AvgIpc) is 3.64. The molecule has 9 rings (SSSR count). The lowest BCUT2D eigenvalue weighted by molar-refractivity contribution is 0.668. The van der Waals surface area contributed by atoms with Crippen LogP contribution in [0.25, 0.3) is 88.8 Å². The molecule has 3 aromatic heterocycles. The molecule has 43 heavy (non-hydrogen) atoms. The van der Waals surface area contributed by atoms with Gasteiger partial charge in [0, 0.05) is 38.2 Å². The minimum Gasteiger partial charge on any atom is -0.456 e. The van der Waals surface area contributed by atoms with Crippen LogP contribution in [0.4, 0.5) is 0 Å². The van der Waals surface area contributed by atoms with Crippen molar-refractivity contribution in [2.45, 2.75) is 0 Å². The molecule has 0 aliphatic carbocycles. The highest BCUT2D eigenvalue weighted by Crippen LogP contribution is 2.41. The zero-order valence-corrected chi connectivity index (χ0v) is 23.3. The number of fused-ring (bicyclic) bond motifs is 7. The van der Waals surface area contributed by atoms with E-state index in [0.717, 1.165) is 65.8 Å². The number of hydrogen-bond acceptors (Lipinski definition) is 5. The first-order valence-electron chi connectivity index (χ1n) is 14.0. The van der Waals surface area contributed by atoms with Gasteiger partial charge in [0.15, 0.2) is 23.1 Å². The summed E-state index contributed by atoms with van der Waals surface area (Å²) in [5.41, 5.74) is 5.55. The quantitative estimate of drug-likeness (QED) is 0.210. The molecule has 9 aromatic rings. The van der Waals surface area contributed by atoms with Crippen molar-refractivity contribution in [3.63, 3.8) is 0 Å². The lowest BCUT2D eigenvalue weighted by atomic mass is 10.0. The lowest BCUT2D eigenvalue weighted by Crippen LogP contribution is -2.01. The van der Waals surface area contributed by atoms with E-state index in [0.29, 0.717) is 28.1 Å².